The lowest BCUT2D eigenvalue weighted by Gasteiger charge is -2.18. The first-order valence-electron chi connectivity index (χ1n) is 7.51. The summed E-state index contributed by atoms with van der Waals surface area (Å²) >= 11 is 0. The van der Waals surface area contributed by atoms with Crippen molar-refractivity contribution in [2.45, 2.75) is 58.6 Å². The third kappa shape index (κ3) is 3.20. The largest absolute Gasteiger partial charge is 0.391 e. The van der Waals surface area contributed by atoms with Crippen molar-refractivity contribution in [3.63, 3.8) is 0 Å². The van der Waals surface area contributed by atoms with Gasteiger partial charge in [-0.1, -0.05) is 12.8 Å². The van der Waals surface area contributed by atoms with Crippen LogP contribution in [0.1, 0.15) is 61.6 Å². The molecule has 112 valence electrons. The summed E-state index contributed by atoms with van der Waals surface area (Å²) in [7, 11) is 0. The molecule has 1 amide bonds. The van der Waals surface area contributed by atoms with Gasteiger partial charge in [-0.2, -0.15) is 5.10 Å². The second kappa shape index (κ2) is 6.39. The summed E-state index contributed by atoms with van der Waals surface area (Å²) in [6, 6.07) is 0.237. The minimum absolute atomic E-state index is 0.147. The Labute approximate surface area is 120 Å². The minimum atomic E-state index is -0.429. The Morgan fingerprint density at radius 2 is 2.15 bits per heavy atom. The number of nitrogens with one attached hydrogen (secondary N) is 1. The van der Waals surface area contributed by atoms with Crippen molar-refractivity contribution in [1.29, 1.82) is 0 Å². The first-order chi connectivity index (χ1) is 9.50. The predicted molar refractivity (Wildman–Crippen MR) is 77.6 cm³/mol. The zero-order valence-corrected chi connectivity index (χ0v) is 12.6. The first-order valence-corrected chi connectivity index (χ1v) is 7.51. The van der Waals surface area contributed by atoms with Crippen molar-refractivity contribution in [3.05, 3.63) is 17.5 Å². The highest BCUT2D eigenvalue weighted by atomic mass is 16.3. The highest BCUT2D eigenvalue weighted by molar-refractivity contribution is 5.95. The maximum Gasteiger partial charge on any atom is 0.254 e. The molecule has 1 fully saturated rings. The van der Waals surface area contributed by atoms with E-state index in [1.54, 1.807) is 6.20 Å². The van der Waals surface area contributed by atoms with Crippen LogP contribution < -0.4 is 5.32 Å². The van der Waals surface area contributed by atoms with E-state index >= 15 is 0 Å². The standard InChI is InChI=1S/C15H25N3O2/c1-10(2)18-11(3)13(8-17-18)15(20)16-9-14(19)12-6-4-5-7-12/h8,10,12,14,19H,4-7,9H2,1-3H3,(H,16,20). The quantitative estimate of drug-likeness (QED) is 0.867. The van der Waals surface area contributed by atoms with Gasteiger partial charge in [0.2, 0.25) is 0 Å². The third-order valence-corrected chi connectivity index (χ3v) is 4.19. The summed E-state index contributed by atoms with van der Waals surface area (Å²) in [5.41, 5.74) is 1.46. The molecule has 1 unspecified atom stereocenters. The number of aliphatic hydroxyl groups excluding tert-OH is 1. The topological polar surface area (TPSA) is 67.2 Å². The second-order valence-corrected chi connectivity index (χ2v) is 6.00. The van der Waals surface area contributed by atoms with E-state index in [4.69, 9.17) is 0 Å². The molecule has 1 aromatic heterocycles. The summed E-state index contributed by atoms with van der Waals surface area (Å²) < 4.78 is 1.84. The van der Waals surface area contributed by atoms with Crippen molar-refractivity contribution < 1.29 is 9.90 Å². The molecule has 0 saturated heterocycles. The van der Waals surface area contributed by atoms with E-state index in [9.17, 15) is 9.90 Å². The molecule has 2 N–H and O–H groups in total. The molecule has 0 aliphatic heterocycles. The van der Waals surface area contributed by atoms with Gasteiger partial charge in [0, 0.05) is 18.3 Å². The van der Waals surface area contributed by atoms with Crippen LogP contribution in [0.15, 0.2) is 6.20 Å². The van der Waals surface area contributed by atoms with Crippen LogP contribution in [0.2, 0.25) is 0 Å². The van der Waals surface area contributed by atoms with Crippen LogP contribution in [0.25, 0.3) is 0 Å². The molecule has 1 saturated carbocycles. The Bertz CT molecular complexity index is 462. The van der Waals surface area contributed by atoms with Crippen LogP contribution in [-0.4, -0.2) is 33.4 Å². The van der Waals surface area contributed by atoms with Gasteiger partial charge in [-0.3, -0.25) is 9.48 Å². The van der Waals surface area contributed by atoms with E-state index in [-0.39, 0.29) is 11.9 Å². The van der Waals surface area contributed by atoms with Crippen molar-refractivity contribution in [1.82, 2.24) is 15.1 Å². The number of aliphatic hydroxyl groups is 1. The average Bonchev–Trinajstić information content (AvgIpc) is 3.04. The molecule has 1 aliphatic carbocycles. The molecule has 1 aliphatic rings. The van der Waals surface area contributed by atoms with E-state index < -0.39 is 6.10 Å². The smallest absolute Gasteiger partial charge is 0.254 e. The Morgan fingerprint density at radius 1 is 1.50 bits per heavy atom. The second-order valence-electron chi connectivity index (χ2n) is 6.00. The van der Waals surface area contributed by atoms with Crippen molar-refractivity contribution in [3.8, 4) is 0 Å². The highest BCUT2D eigenvalue weighted by Gasteiger charge is 2.24. The maximum absolute atomic E-state index is 12.1. The Balaban J connectivity index is 1.91. The van der Waals surface area contributed by atoms with E-state index in [2.05, 4.69) is 10.4 Å². The summed E-state index contributed by atoms with van der Waals surface area (Å²) in [5.74, 6) is 0.196. The van der Waals surface area contributed by atoms with Gasteiger partial charge in [0.25, 0.3) is 5.91 Å². The molecule has 2 rings (SSSR count). The van der Waals surface area contributed by atoms with Gasteiger partial charge in [-0.05, 0) is 39.5 Å². The van der Waals surface area contributed by atoms with Gasteiger partial charge in [0.1, 0.15) is 0 Å². The highest BCUT2D eigenvalue weighted by Crippen LogP contribution is 2.27. The van der Waals surface area contributed by atoms with E-state index in [1.165, 1.54) is 12.8 Å². The Morgan fingerprint density at radius 3 is 2.70 bits per heavy atom. The predicted octanol–water partition coefficient (Wildman–Crippen LogP) is 2.05. The molecule has 0 aromatic carbocycles. The lowest BCUT2D eigenvalue weighted by atomic mass is 10.0. The lowest BCUT2D eigenvalue weighted by molar-refractivity contribution is 0.0840. The van der Waals surface area contributed by atoms with Crippen molar-refractivity contribution in [2.75, 3.05) is 6.54 Å². The number of carbonyl (C=O) groups is 1. The maximum atomic E-state index is 12.1. The molecule has 0 spiro atoms. The van der Waals surface area contributed by atoms with Crippen LogP contribution in [0.4, 0.5) is 0 Å². The summed E-state index contributed by atoms with van der Waals surface area (Å²) in [4.78, 5) is 12.1. The zero-order chi connectivity index (χ0) is 14.7. The number of carbonyl (C=O) groups excluding carboxylic acids is 1. The van der Waals surface area contributed by atoms with E-state index in [0.29, 0.717) is 18.0 Å². The molecule has 5 nitrogen and oxygen atoms in total. The molecular formula is C15H25N3O2. The molecule has 0 radical (unpaired) electrons. The summed E-state index contributed by atoms with van der Waals surface area (Å²) in [6.07, 6.45) is 5.70. The monoisotopic (exact) mass is 279 g/mol. The number of hydrogen-bond acceptors (Lipinski definition) is 3. The summed E-state index contributed by atoms with van der Waals surface area (Å²) in [5, 5.41) is 17.1. The van der Waals surface area contributed by atoms with Crippen LogP contribution >= 0.6 is 0 Å². The molecule has 20 heavy (non-hydrogen) atoms. The van der Waals surface area contributed by atoms with E-state index in [0.717, 1.165) is 18.5 Å². The Hall–Kier alpha value is -1.36. The molecule has 1 heterocycles. The van der Waals surface area contributed by atoms with Crippen LogP contribution in [0.5, 0.6) is 0 Å². The molecule has 1 atom stereocenters. The average molecular weight is 279 g/mol. The number of aromatic nitrogens is 2. The fourth-order valence-corrected chi connectivity index (χ4v) is 2.97. The SMILES string of the molecule is Cc1c(C(=O)NCC(O)C2CCCC2)cnn1C(C)C. The van der Waals surface area contributed by atoms with Crippen LogP contribution in [-0.2, 0) is 0 Å². The van der Waals surface area contributed by atoms with Gasteiger partial charge >= 0.3 is 0 Å². The van der Waals surface area contributed by atoms with Crippen molar-refractivity contribution in [2.24, 2.45) is 5.92 Å². The van der Waals surface area contributed by atoms with Crippen LogP contribution in [0.3, 0.4) is 0 Å². The van der Waals surface area contributed by atoms with Crippen LogP contribution in [0, 0.1) is 12.8 Å². The number of amides is 1. The van der Waals surface area contributed by atoms with Gasteiger partial charge < -0.3 is 10.4 Å². The van der Waals surface area contributed by atoms with Gasteiger partial charge in [-0.25, -0.2) is 0 Å². The molecule has 1 aromatic rings. The minimum Gasteiger partial charge on any atom is -0.391 e. The third-order valence-electron chi connectivity index (χ3n) is 4.19. The number of nitrogens with zero attached hydrogens (tertiary/aromatic N) is 2. The molecule has 0 bridgehead atoms. The normalized spacial score (nSPS) is 17.6. The van der Waals surface area contributed by atoms with Crippen molar-refractivity contribution >= 4 is 5.91 Å². The Kier molecular flexibility index (Phi) is 4.81. The zero-order valence-electron chi connectivity index (χ0n) is 12.6. The lowest BCUT2D eigenvalue weighted by Crippen LogP contribution is -2.35. The van der Waals surface area contributed by atoms with Gasteiger partial charge in [0.05, 0.1) is 17.9 Å². The summed E-state index contributed by atoms with van der Waals surface area (Å²) in [6.45, 7) is 6.29. The van der Waals surface area contributed by atoms with E-state index in [1.807, 2.05) is 25.5 Å². The van der Waals surface area contributed by atoms with Gasteiger partial charge in [-0.15, -0.1) is 0 Å². The number of rotatable bonds is 5. The molecular weight excluding hydrogens is 254 g/mol. The fourth-order valence-electron chi connectivity index (χ4n) is 2.97. The first kappa shape index (κ1) is 15.0. The molecule has 5 heteroatoms. The van der Waals surface area contributed by atoms with Gasteiger partial charge in [0.15, 0.2) is 0 Å². The fraction of sp³-hybridized carbons (Fsp3) is 0.733. The number of hydrogen-bond donors (Lipinski definition) is 2.